The Labute approximate surface area is 163 Å². The van der Waals surface area contributed by atoms with Gasteiger partial charge in [0, 0.05) is 49.3 Å². The van der Waals surface area contributed by atoms with Crippen LogP contribution in [-0.4, -0.2) is 40.9 Å². The van der Waals surface area contributed by atoms with Gasteiger partial charge in [0.2, 0.25) is 11.8 Å². The van der Waals surface area contributed by atoms with Gasteiger partial charge in [0.1, 0.15) is 0 Å². The van der Waals surface area contributed by atoms with E-state index in [1.54, 1.807) is 12.4 Å². The first kappa shape index (κ1) is 20.8. The molecule has 1 saturated heterocycles. The number of aromatic nitrogens is 1. The van der Waals surface area contributed by atoms with Gasteiger partial charge in [-0.15, -0.1) is 0 Å². The Kier molecular flexibility index (Phi) is 10.3. The van der Waals surface area contributed by atoms with E-state index in [1.807, 2.05) is 45.9 Å². The maximum absolute atomic E-state index is 11.8. The second-order valence-corrected chi connectivity index (χ2v) is 8.95. The zero-order valence-corrected chi connectivity index (χ0v) is 16.6. The summed E-state index contributed by atoms with van der Waals surface area (Å²) in [4.78, 5) is 27.5. The van der Waals surface area contributed by atoms with Gasteiger partial charge in [-0.1, -0.05) is 46.2 Å². The van der Waals surface area contributed by atoms with Gasteiger partial charge in [-0.2, -0.15) is 0 Å². The minimum Gasteiger partial charge on any atom is -0.354 e. The van der Waals surface area contributed by atoms with Crippen molar-refractivity contribution in [3.05, 3.63) is 36.2 Å². The predicted molar refractivity (Wildman–Crippen MR) is 111 cm³/mol. The third-order valence-electron chi connectivity index (χ3n) is 3.97. The number of carbonyl (C=O) groups excluding carboxylic acids is 2. The molecule has 1 aromatic heterocycles. The molecule has 1 aromatic rings. The van der Waals surface area contributed by atoms with E-state index in [0.717, 1.165) is 23.7 Å². The topological polar surface area (TPSA) is 71.1 Å². The van der Waals surface area contributed by atoms with Crippen molar-refractivity contribution in [3.63, 3.8) is 0 Å². The molecule has 5 nitrogen and oxygen atoms in total. The number of nitrogens with zero attached hydrogens (tertiary/aromatic N) is 1. The molecule has 26 heavy (non-hydrogen) atoms. The van der Waals surface area contributed by atoms with Crippen LogP contribution in [0.5, 0.6) is 0 Å². The summed E-state index contributed by atoms with van der Waals surface area (Å²) in [6, 6.07) is 3.79. The molecule has 0 bridgehead atoms. The number of pyridine rings is 1. The van der Waals surface area contributed by atoms with E-state index in [0.29, 0.717) is 25.9 Å². The molecule has 0 aliphatic carbocycles. The molecule has 0 aromatic carbocycles. The second kappa shape index (κ2) is 12.8. The van der Waals surface area contributed by atoms with Crippen LogP contribution in [0.2, 0.25) is 0 Å². The lowest BCUT2D eigenvalue weighted by Crippen LogP contribution is -2.34. The summed E-state index contributed by atoms with van der Waals surface area (Å²) in [5, 5.41) is 6.45. The van der Waals surface area contributed by atoms with Crippen LogP contribution in [0.1, 0.15) is 44.1 Å². The predicted octanol–water partition coefficient (Wildman–Crippen LogP) is 3.43. The highest BCUT2D eigenvalue weighted by molar-refractivity contribution is 8.77. The van der Waals surface area contributed by atoms with Crippen molar-refractivity contribution in [2.75, 3.05) is 18.8 Å². The van der Waals surface area contributed by atoms with Gasteiger partial charge in [0.05, 0.1) is 0 Å². The Morgan fingerprint density at radius 1 is 1.23 bits per heavy atom. The average Bonchev–Trinajstić information content (AvgIpc) is 3.17. The smallest absolute Gasteiger partial charge is 0.223 e. The van der Waals surface area contributed by atoms with Crippen molar-refractivity contribution in [1.82, 2.24) is 15.6 Å². The SMILES string of the molecule is O=C(C/C=C/c1cccnc1)NCCNC(=O)CCCCC1CCSS1. The average molecular weight is 394 g/mol. The molecular weight excluding hydrogens is 366 g/mol. The number of amides is 2. The molecule has 0 spiro atoms. The first-order valence-electron chi connectivity index (χ1n) is 9.12. The number of carbonyl (C=O) groups is 2. The van der Waals surface area contributed by atoms with E-state index in [1.165, 1.54) is 18.6 Å². The van der Waals surface area contributed by atoms with Gasteiger partial charge >= 0.3 is 0 Å². The highest BCUT2D eigenvalue weighted by Crippen LogP contribution is 2.39. The fourth-order valence-corrected chi connectivity index (χ4v) is 5.59. The molecule has 1 atom stereocenters. The summed E-state index contributed by atoms with van der Waals surface area (Å²) in [5.74, 6) is 1.29. The summed E-state index contributed by atoms with van der Waals surface area (Å²) in [5.41, 5.74) is 0.970. The van der Waals surface area contributed by atoms with E-state index in [2.05, 4.69) is 15.6 Å². The quantitative estimate of drug-likeness (QED) is 0.445. The van der Waals surface area contributed by atoms with Gasteiger partial charge in [0.25, 0.3) is 0 Å². The molecular formula is C19H27N3O2S2. The highest BCUT2D eigenvalue weighted by Gasteiger charge is 2.15. The zero-order chi connectivity index (χ0) is 18.5. The normalized spacial score (nSPS) is 16.7. The number of rotatable bonds is 11. The molecule has 1 aliphatic heterocycles. The third-order valence-corrected chi connectivity index (χ3v) is 6.98. The molecule has 142 valence electrons. The minimum atomic E-state index is -0.0497. The molecule has 0 radical (unpaired) electrons. The fourth-order valence-electron chi connectivity index (χ4n) is 2.56. The lowest BCUT2D eigenvalue weighted by Gasteiger charge is -2.08. The Balaban J connectivity index is 1.44. The van der Waals surface area contributed by atoms with Crippen LogP contribution >= 0.6 is 21.6 Å². The van der Waals surface area contributed by atoms with Crippen molar-refractivity contribution in [2.45, 2.75) is 43.8 Å². The monoisotopic (exact) mass is 393 g/mol. The summed E-state index contributed by atoms with van der Waals surface area (Å²) in [6.45, 7) is 0.938. The van der Waals surface area contributed by atoms with Gasteiger partial charge in [-0.3, -0.25) is 14.6 Å². The number of hydrogen-bond donors (Lipinski definition) is 2. The van der Waals surface area contributed by atoms with Crippen molar-refractivity contribution in [2.24, 2.45) is 0 Å². The van der Waals surface area contributed by atoms with Gasteiger partial charge in [0.15, 0.2) is 0 Å². The maximum Gasteiger partial charge on any atom is 0.223 e. The van der Waals surface area contributed by atoms with Crippen LogP contribution in [0.4, 0.5) is 0 Å². The molecule has 1 unspecified atom stereocenters. The van der Waals surface area contributed by atoms with E-state index < -0.39 is 0 Å². The van der Waals surface area contributed by atoms with E-state index in [-0.39, 0.29) is 11.8 Å². The molecule has 0 saturated carbocycles. The van der Waals surface area contributed by atoms with E-state index in [9.17, 15) is 9.59 Å². The third kappa shape index (κ3) is 9.29. The highest BCUT2D eigenvalue weighted by atomic mass is 33.1. The van der Waals surface area contributed by atoms with Crippen LogP contribution < -0.4 is 10.6 Å². The number of unbranched alkanes of at least 4 members (excludes halogenated alkanes) is 1. The number of nitrogens with one attached hydrogen (secondary N) is 2. The second-order valence-electron chi connectivity index (χ2n) is 6.17. The molecule has 2 amide bonds. The molecule has 2 heterocycles. The maximum atomic E-state index is 11.8. The van der Waals surface area contributed by atoms with Crippen LogP contribution in [0.15, 0.2) is 30.6 Å². The summed E-state index contributed by atoms with van der Waals surface area (Å²) in [6.07, 6.45) is 12.6. The van der Waals surface area contributed by atoms with Crippen LogP contribution in [0.3, 0.4) is 0 Å². The lowest BCUT2D eigenvalue weighted by atomic mass is 10.1. The fraction of sp³-hybridized carbons (Fsp3) is 0.526. The Bertz CT molecular complexity index is 575. The molecule has 7 heteroatoms. The molecule has 1 aliphatic rings. The van der Waals surface area contributed by atoms with Crippen molar-refractivity contribution in [3.8, 4) is 0 Å². The van der Waals surface area contributed by atoms with Gasteiger partial charge in [-0.25, -0.2) is 0 Å². The molecule has 1 fully saturated rings. The molecule has 2 rings (SSSR count). The van der Waals surface area contributed by atoms with Crippen LogP contribution in [0.25, 0.3) is 6.08 Å². The van der Waals surface area contributed by atoms with E-state index in [4.69, 9.17) is 0 Å². The lowest BCUT2D eigenvalue weighted by molar-refractivity contribution is -0.122. The standard InChI is InChI=1S/C19H27N3O2S2/c23-18(8-2-1-7-17-10-14-25-26-17)21-12-13-22-19(24)9-3-5-16-6-4-11-20-15-16/h3-6,11,15,17H,1-2,7-10,12-14H2,(H,21,23)(H,22,24)/b5-3+. The van der Waals surface area contributed by atoms with Crippen molar-refractivity contribution < 1.29 is 9.59 Å². The largest absolute Gasteiger partial charge is 0.354 e. The van der Waals surface area contributed by atoms with Crippen LogP contribution in [0, 0.1) is 0 Å². The Morgan fingerprint density at radius 2 is 2.08 bits per heavy atom. The summed E-state index contributed by atoms with van der Waals surface area (Å²) >= 11 is 0. The van der Waals surface area contributed by atoms with Crippen molar-refractivity contribution in [1.29, 1.82) is 0 Å². The van der Waals surface area contributed by atoms with Crippen molar-refractivity contribution >= 4 is 39.5 Å². The first-order chi connectivity index (χ1) is 12.7. The van der Waals surface area contributed by atoms with Gasteiger partial charge < -0.3 is 10.6 Å². The number of hydrogen-bond acceptors (Lipinski definition) is 5. The summed E-state index contributed by atoms with van der Waals surface area (Å²) < 4.78 is 0. The summed E-state index contributed by atoms with van der Waals surface area (Å²) in [7, 11) is 3.95. The zero-order valence-electron chi connectivity index (χ0n) is 15.0. The molecule has 2 N–H and O–H groups in total. The van der Waals surface area contributed by atoms with Gasteiger partial charge in [-0.05, 0) is 30.9 Å². The first-order valence-corrected chi connectivity index (χ1v) is 11.5. The Morgan fingerprint density at radius 3 is 2.81 bits per heavy atom. The van der Waals surface area contributed by atoms with Crippen LogP contribution in [-0.2, 0) is 9.59 Å². The minimum absolute atomic E-state index is 0.0497. The Hall–Kier alpha value is -1.47. The van der Waals surface area contributed by atoms with E-state index >= 15 is 0 Å².